The Bertz CT molecular complexity index is 972. The molecule has 0 N–H and O–H groups in total. The Balaban J connectivity index is 2.35. The van der Waals surface area contributed by atoms with Crippen molar-refractivity contribution in [1.29, 1.82) is 0 Å². The molecule has 0 unspecified atom stereocenters. The Kier molecular flexibility index (Phi) is 3.48. The zero-order chi connectivity index (χ0) is 16.9. The van der Waals surface area contributed by atoms with E-state index in [-0.39, 0.29) is 27.1 Å². The molecule has 0 aliphatic heterocycles. The minimum atomic E-state index is -4.68. The van der Waals surface area contributed by atoms with E-state index >= 15 is 0 Å². The first kappa shape index (κ1) is 15.6. The molecule has 8 heteroatoms. The molecule has 0 aliphatic rings. The topological polar surface area (TPSA) is 35.1 Å². The molecule has 0 saturated heterocycles. The van der Waals surface area contributed by atoms with E-state index in [9.17, 15) is 22.4 Å². The van der Waals surface area contributed by atoms with Gasteiger partial charge in [0.2, 0.25) is 0 Å². The van der Waals surface area contributed by atoms with Crippen molar-refractivity contribution < 1.29 is 22.0 Å². The van der Waals surface area contributed by atoms with Crippen LogP contribution in [0.15, 0.2) is 39.7 Å². The highest BCUT2D eigenvalue weighted by atomic mass is 35.5. The molecule has 0 saturated carbocycles. The number of fused-ring (bicyclic) bond motifs is 1. The Morgan fingerprint density at radius 1 is 1.22 bits per heavy atom. The number of pyridine rings is 1. The van der Waals surface area contributed by atoms with E-state index in [1.807, 2.05) is 0 Å². The maximum absolute atomic E-state index is 14.3. The van der Waals surface area contributed by atoms with Crippen molar-refractivity contribution in [1.82, 2.24) is 4.57 Å². The van der Waals surface area contributed by atoms with Crippen LogP contribution in [0.3, 0.4) is 0 Å². The molecular weight excluding hydrogens is 338 g/mol. The molecule has 0 bridgehead atoms. The fourth-order valence-electron chi connectivity index (χ4n) is 2.45. The predicted octanol–water partition coefficient (Wildman–Crippen LogP) is 4.61. The smallest absolute Gasteiger partial charge is 0.431 e. The lowest BCUT2D eigenvalue weighted by Crippen LogP contribution is -2.26. The van der Waals surface area contributed by atoms with Crippen LogP contribution in [0.2, 0.25) is 5.02 Å². The highest BCUT2D eigenvalue weighted by Gasteiger charge is 2.34. The number of hydrogen-bond donors (Lipinski definition) is 0. The third kappa shape index (κ3) is 2.41. The molecule has 2 aromatic heterocycles. The van der Waals surface area contributed by atoms with Gasteiger partial charge in [0.25, 0.3) is 5.56 Å². The van der Waals surface area contributed by atoms with Crippen LogP contribution in [0.5, 0.6) is 0 Å². The van der Waals surface area contributed by atoms with Gasteiger partial charge in [-0.05, 0) is 24.3 Å². The van der Waals surface area contributed by atoms with Gasteiger partial charge in [0, 0.05) is 18.0 Å². The van der Waals surface area contributed by atoms with Gasteiger partial charge < -0.3 is 8.98 Å². The fourth-order valence-corrected chi connectivity index (χ4v) is 2.69. The normalized spacial score (nSPS) is 12.1. The average Bonchev–Trinajstić information content (AvgIpc) is 2.91. The van der Waals surface area contributed by atoms with E-state index in [0.717, 1.165) is 25.2 Å². The lowest BCUT2D eigenvalue weighted by Gasteiger charge is -2.13. The lowest BCUT2D eigenvalue weighted by atomic mass is 10.0. The van der Waals surface area contributed by atoms with Crippen molar-refractivity contribution in [3.63, 3.8) is 0 Å². The minimum absolute atomic E-state index is 0.00925. The number of aromatic nitrogens is 1. The van der Waals surface area contributed by atoms with Gasteiger partial charge >= 0.3 is 6.18 Å². The highest BCUT2D eigenvalue weighted by Crippen LogP contribution is 2.36. The van der Waals surface area contributed by atoms with E-state index < -0.39 is 23.2 Å². The maximum Gasteiger partial charge on any atom is 0.431 e. The van der Waals surface area contributed by atoms with E-state index in [1.54, 1.807) is 0 Å². The quantitative estimate of drug-likeness (QED) is 0.604. The molecule has 0 spiro atoms. The van der Waals surface area contributed by atoms with Gasteiger partial charge in [-0.25, -0.2) is 4.39 Å². The van der Waals surface area contributed by atoms with E-state index in [2.05, 4.69) is 0 Å². The van der Waals surface area contributed by atoms with E-state index in [0.29, 0.717) is 4.57 Å². The van der Waals surface area contributed by atoms with Crippen LogP contribution in [-0.2, 0) is 13.2 Å². The number of nitrogens with zero attached hydrogens (tertiary/aromatic N) is 1. The molecule has 3 nitrogen and oxygen atoms in total. The molecule has 0 atom stereocenters. The third-order valence-electron chi connectivity index (χ3n) is 3.51. The second-order valence-corrected chi connectivity index (χ2v) is 5.28. The summed E-state index contributed by atoms with van der Waals surface area (Å²) >= 11 is 5.85. The van der Waals surface area contributed by atoms with Crippen molar-refractivity contribution in [2.75, 3.05) is 0 Å². The van der Waals surface area contributed by atoms with E-state index in [1.165, 1.54) is 12.3 Å². The summed E-state index contributed by atoms with van der Waals surface area (Å²) in [4.78, 5) is 12.3. The van der Waals surface area contributed by atoms with Crippen LogP contribution < -0.4 is 5.56 Å². The van der Waals surface area contributed by atoms with Crippen LogP contribution in [0, 0.1) is 5.82 Å². The molecule has 0 fully saturated rings. The highest BCUT2D eigenvalue weighted by molar-refractivity contribution is 6.35. The summed E-state index contributed by atoms with van der Waals surface area (Å²) in [6.45, 7) is 0. The second kappa shape index (κ2) is 5.13. The molecule has 1 aromatic carbocycles. The SMILES string of the molecule is Cn1c(C(F)(F)F)ccc(-c2c(F)cc(Cl)c3occc23)c1=O. The molecule has 0 radical (unpaired) electrons. The van der Waals surface area contributed by atoms with Gasteiger partial charge in [-0.3, -0.25) is 4.79 Å². The van der Waals surface area contributed by atoms with Gasteiger partial charge in [0.05, 0.1) is 16.8 Å². The fraction of sp³-hybridized carbons (Fsp3) is 0.133. The molecule has 3 aromatic rings. The molecule has 23 heavy (non-hydrogen) atoms. The van der Waals surface area contributed by atoms with Crippen LogP contribution in [0.25, 0.3) is 22.1 Å². The summed E-state index contributed by atoms with van der Waals surface area (Å²) in [6.07, 6.45) is -3.43. The molecule has 3 rings (SSSR count). The first-order valence-corrected chi connectivity index (χ1v) is 6.72. The summed E-state index contributed by atoms with van der Waals surface area (Å²) in [6, 6.07) is 4.04. The molecule has 120 valence electrons. The zero-order valence-electron chi connectivity index (χ0n) is 11.5. The van der Waals surface area contributed by atoms with Crippen LogP contribution in [0.1, 0.15) is 5.69 Å². The third-order valence-corrected chi connectivity index (χ3v) is 3.79. The minimum Gasteiger partial charge on any atom is -0.463 e. The standard InChI is InChI=1S/C15H8ClF4NO2/c1-21-11(15(18,19)20)3-2-8(14(21)22)12-7-4-5-23-13(7)9(16)6-10(12)17/h2-6H,1H3. The summed E-state index contributed by atoms with van der Waals surface area (Å²) in [5.74, 6) is -0.819. The van der Waals surface area contributed by atoms with Crippen molar-refractivity contribution >= 4 is 22.6 Å². The number of halogens is 5. The average molecular weight is 346 g/mol. The Morgan fingerprint density at radius 2 is 1.91 bits per heavy atom. The van der Waals surface area contributed by atoms with E-state index in [4.69, 9.17) is 16.0 Å². The first-order valence-electron chi connectivity index (χ1n) is 6.34. The number of hydrogen-bond acceptors (Lipinski definition) is 2. The first-order chi connectivity index (χ1) is 10.7. The summed E-state index contributed by atoms with van der Waals surface area (Å²) in [5, 5.41) is 0.224. The Labute approximate surface area is 131 Å². The second-order valence-electron chi connectivity index (χ2n) is 4.87. The molecular formula is C15H8ClF4NO2. The van der Waals surface area contributed by atoms with Crippen molar-refractivity contribution in [2.24, 2.45) is 7.05 Å². The Hall–Kier alpha value is -2.28. The number of furan rings is 1. The molecule has 0 amide bonds. The Morgan fingerprint density at radius 3 is 2.57 bits per heavy atom. The molecule has 2 heterocycles. The van der Waals surface area contributed by atoms with Gasteiger partial charge in [0.15, 0.2) is 5.58 Å². The number of benzene rings is 1. The number of rotatable bonds is 1. The summed E-state index contributed by atoms with van der Waals surface area (Å²) in [7, 11) is 0.981. The predicted molar refractivity (Wildman–Crippen MR) is 76.9 cm³/mol. The maximum atomic E-state index is 14.3. The van der Waals surface area contributed by atoms with Crippen molar-refractivity contribution in [3.8, 4) is 11.1 Å². The largest absolute Gasteiger partial charge is 0.463 e. The number of alkyl halides is 3. The van der Waals surface area contributed by atoms with Crippen molar-refractivity contribution in [2.45, 2.75) is 6.18 Å². The summed E-state index contributed by atoms with van der Waals surface area (Å²) in [5.41, 5.74) is -2.29. The zero-order valence-corrected chi connectivity index (χ0v) is 12.3. The van der Waals surface area contributed by atoms with Gasteiger partial charge in [0.1, 0.15) is 11.5 Å². The van der Waals surface area contributed by atoms with Gasteiger partial charge in [-0.15, -0.1) is 0 Å². The van der Waals surface area contributed by atoms with Gasteiger partial charge in [-0.2, -0.15) is 13.2 Å². The molecule has 0 aliphatic carbocycles. The lowest BCUT2D eigenvalue weighted by molar-refractivity contribution is -0.143. The van der Waals surface area contributed by atoms with Crippen LogP contribution in [0.4, 0.5) is 17.6 Å². The summed E-state index contributed by atoms with van der Waals surface area (Å²) < 4.78 is 58.4. The van der Waals surface area contributed by atoms with Crippen LogP contribution >= 0.6 is 11.6 Å². The van der Waals surface area contributed by atoms with Crippen molar-refractivity contribution in [3.05, 3.63) is 57.4 Å². The van der Waals surface area contributed by atoms with Gasteiger partial charge in [-0.1, -0.05) is 11.6 Å². The van der Waals surface area contributed by atoms with Crippen LogP contribution in [-0.4, -0.2) is 4.57 Å². The monoisotopic (exact) mass is 345 g/mol.